The van der Waals surface area contributed by atoms with Gasteiger partial charge in [-0.3, -0.25) is 0 Å². The predicted molar refractivity (Wildman–Crippen MR) is 98.5 cm³/mol. The number of carbonyl (C=O) groups excluding carboxylic acids is 1. The highest BCUT2D eigenvalue weighted by Crippen LogP contribution is 2.28. The number of carbonyl (C=O) groups is 1. The van der Waals surface area contributed by atoms with Crippen molar-refractivity contribution in [1.82, 2.24) is 15.3 Å². The highest BCUT2D eigenvalue weighted by atomic mass is 16.6. The van der Waals surface area contributed by atoms with E-state index in [1.807, 2.05) is 45.0 Å². The lowest BCUT2D eigenvalue weighted by Crippen LogP contribution is -2.33. The summed E-state index contributed by atoms with van der Waals surface area (Å²) in [6.07, 6.45) is 1.97. The van der Waals surface area contributed by atoms with Gasteiger partial charge in [-0.05, 0) is 38.3 Å². The van der Waals surface area contributed by atoms with Gasteiger partial charge in [-0.2, -0.15) is 4.98 Å². The lowest BCUT2D eigenvalue weighted by Gasteiger charge is -2.19. The first-order chi connectivity index (χ1) is 12.3. The molecule has 7 heteroatoms. The summed E-state index contributed by atoms with van der Waals surface area (Å²) >= 11 is 0. The van der Waals surface area contributed by atoms with E-state index >= 15 is 0 Å². The fraction of sp³-hybridized carbons (Fsp3) is 0.421. The lowest BCUT2D eigenvalue weighted by molar-refractivity contribution is 0.0528. The van der Waals surface area contributed by atoms with E-state index in [1.54, 1.807) is 13.3 Å². The quantitative estimate of drug-likeness (QED) is 0.853. The van der Waals surface area contributed by atoms with Crippen molar-refractivity contribution in [3.8, 4) is 23.0 Å². The number of hydrogen-bond donors (Lipinski definition) is 1. The van der Waals surface area contributed by atoms with Crippen molar-refractivity contribution in [1.29, 1.82) is 0 Å². The fourth-order valence-corrected chi connectivity index (χ4v) is 2.28. The van der Waals surface area contributed by atoms with Crippen molar-refractivity contribution >= 4 is 6.09 Å². The van der Waals surface area contributed by atoms with Gasteiger partial charge in [0.05, 0.1) is 19.8 Å². The molecule has 0 atom stereocenters. The van der Waals surface area contributed by atoms with Crippen molar-refractivity contribution < 1.29 is 19.0 Å². The first-order valence-electron chi connectivity index (χ1n) is 8.33. The Morgan fingerprint density at radius 3 is 2.38 bits per heavy atom. The second-order valence-corrected chi connectivity index (χ2v) is 6.66. The van der Waals surface area contributed by atoms with Gasteiger partial charge >= 0.3 is 12.1 Å². The summed E-state index contributed by atoms with van der Waals surface area (Å²) in [4.78, 5) is 20.0. The molecule has 0 bridgehead atoms. The zero-order valence-electron chi connectivity index (χ0n) is 15.8. The maximum Gasteiger partial charge on any atom is 0.407 e. The van der Waals surface area contributed by atoms with Crippen LogP contribution in [0.4, 0.5) is 4.79 Å². The third-order valence-electron chi connectivity index (χ3n) is 3.45. The van der Waals surface area contributed by atoms with Crippen LogP contribution < -0.4 is 14.8 Å². The average Bonchev–Trinajstić information content (AvgIpc) is 2.60. The van der Waals surface area contributed by atoms with Gasteiger partial charge in [-0.15, -0.1) is 0 Å². The monoisotopic (exact) mass is 359 g/mol. The molecule has 1 aromatic carbocycles. The summed E-state index contributed by atoms with van der Waals surface area (Å²) in [6, 6.07) is 8.19. The molecule has 0 aliphatic rings. The van der Waals surface area contributed by atoms with E-state index in [9.17, 15) is 4.79 Å². The predicted octanol–water partition coefficient (Wildman–Crippen LogP) is 3.23. The summed E-state index contributed by atoms with van der Waals surface area (Å²) in [6.45, 7) is 6.01. The fourth-order valence-electron chi connectivity index (χ4n) is 2.28. The van der Waals surface area contributed by atoms with Gasteiger partial charge < -0.3 is 19.5 Å². The topological polar surface area (TPSA) is 82.6 Å². The van der Waals surface area contributed by atoms with Gasteiger partial charge in [0.1, 0.15) is 5.60 Å². The zero-order chi connectivity index (χ0) is 19.2. The standard InChI is InChI=1S/C19H25N3O4/c1-19(2,3)26-18(23)20-11-10-13-6-8-14(9-7-13)15-12-21-17(25-5)22-16(15)24-4/h6-9,12H,10-11H2,1-5H3,(H,20,23). The Hall–Kier alpha value is -2.83. The van der Waals surface area contributed by atoms with Crippen LogP contribution in [-0.2, 0) is 11.2 Å². The minimum atomic E-state index is -0.495. The minimum absolute atomic E-state index is 0.260. The molecule has 26 heavy (non-hydrogen) atoms. The number of aromatic nitrogens is 2. The van der Waals surface area contributed by atoms with Gasteiger partial charge in [0, 0.05) is 12.7 Å². The molecule has 7 nitrogen and oxygen atoms in total. The van der Waals surface area contributed by atoms with Gasteiger partial charge in [0.2, 0.25) is 5.88 Å². The molecular weight excluding hydrogens is 334 g/mol. The number of ether oxygens (including phenoxy) is 3. The third kappa shape index (κ3) is 5.61. The van der Waals surface area contributed by atoms with Crippen LogP contribution in [0.3, 0.4) is 0 Å². The maximum atomic E-state index is 11.6. The van der Waals surface area contributed by atoms with Crippen molar-refractivity contribution in [3.63, 3.8) is 0 Å². The van der Waals surface area contributed by atoms with Crippen LogP contribution in [0.5, 0.6) is 11.9 Å². The van der Waals surface area contributed by atoms with Crippen molar-refractivity contribution in [2.45, 2.75) is 32.8 Å². The van der Waals surface area contributed by atoms with Gasteiger partial charge in [0.25, 0.3) is 0 Å². The van der Waals surface area contributed by atoms with Crippen LogP contribution in [0.25, 0.3) is 11.1 Å². The van der Waals surface area contributed by atoms with E-state index < -0.39 is 11.7 Å². The summed E-state index contributed by atoms with van der Waals surface area (Å²) in [5, 5.41) is 2.75. The normalized spacial score (nSPS) is 11.0. The molecule has 2 aromatic rings. The second kappa shape index (κ2) is 8.51. The molecule has 0 radical (unpaired) electrons. The zero-order valence-corrected chi connectivity index (χ0v) is 15.8. The minimum Gasteiger partial charge on any atom is -0.480 e. The van der Waals surface area contributed by atoms with Crippen molar-refractivity contribution in [2.24, 2.45) is 0 Å². The Labute approximate surface area is 153 Å². The van der Waals surface area contributed by atoms with Crippen LogP contribution in [0, 0.1) is 0 Å². The van der Waals surface area contributed by atoms with Gasteiger partial charge in [-0.25, -0.2) is 9.78 Å². The van der Waals surface area contributed by atoms with Crippen LogP contribution in [-0.4, -0.2) is 42.4 Å². The molecule has 0 saturated carbocycles. The summed E-state index contributed by atoms with van der Waals surface area (Å²) in [7, 11) is 3.07. The molecule has 1 heterocycles. The highest BCUT2D eigenvalue weighted by molar-refractivity contribution is 5.68. The van der Waals surface area contributed by atoms with Gasteiger partial charge in [-0.1, -0.05) is 24.3 Å². The third-order valence-corrected chi connectivity index (χ3v) is 3.45. The van der Waals surface area contributed by atoms with E-state index in [1.165, 1.54) is 7.11 Å². The average molecular weight is 359 g/mol. The Kier molecular flexibility index (Phi) is 6.38. The Balaban J connectivity index is 1.97. The number of nitrogens with zero attached hydrogens (tertiary/aromatic N) is 2. The Morgan fingerprint density at radius 1 is 1.12 bits per heavy atom. The first kappa shape index (κ1) is 19.5. The van der Waals surface area contributed by atoms with E-state index in [0.717, 1.165) is 16.7 Å². The number of amides is 1. The molecule has 0 saturated heterocycles. The molecule has 1 aromatic heterocycles. The van der Waals surface area contributed by atoms with Crippen LogP contribution in [0.15, 0.2) is 30.5 Å². The molecule has 0 spiro atoms. The summed E-state index contributed by atoms with van der Waals surface area (Å²) in [5.41, 5.74) is 2.32. The van der Waals surface area contributed by atoms with Crippen molar-refractivity contribution in [2.75, 3.05) is 20.8 Å². The molecule has 0 fully saturated rings. The Bertz CT molecular complexity index is 739. The number of hydrogen-bond acceptors (Lipinski definition) is 6. The molecule has 1 amide bonds. The largest absolute Gasteiger partial charge is 0.480 e. The molecule has 2 rings (SSSR count). The highest BCUT2D eigenvalue weighted by Gasteiger charge is 2.15. The number of nitrogens with one attached hydrogen (secondary N) is 1. The number of benzene rings is 1. The summed E-state index contributed by atoms with van der Waals surface area (Å²) < 4.78 is 15.5. The number of methoxy groups -OCH3 is 2. The smallest absolute Gasteiger partial charge is 0.407 e. The van der Waals surface area contributed by atoms with E-state index in [4.69, 9.17) is 14.2 Å². The van der Waals surface area contributed by atoms with Crippen LogP contribution in [0.2, 0.25) is 0 Å². The molecule has 140 valence electrons. The van der Waals surface area contributed by atoms with E-state index in [-0.39, 0.29) is 6.01 Å². The van der Waals surface area contributed by atoms with Crippen LogP contribution >= 0.6 is 0 Å². The van der Waals surface area contributed by atoms with Crippen LogP contribution in [0.1, 0.15) is 26.3 Å². The Morgan fingerprint density at radius 2 is 1.81 bits per heavy atom. The number of alkyl carbamates (subject to hydrolysis) is 1. The first-order valence-corrected chi connectivity index (χ1v) is 8.33. The molecule has 0 unspecified atom stereocenters. The summed E-state index contributed by atoms with van der Waals surface area (Å²) in [5.74, 6) is 0.455. The van der Waals surface area contributed by atoms with Crippen molar-refractivity contribution in [3.05, 3.63) is 36.0 Å². The molecule has 0 aliphatic heterocycles. The maximum absolute atomic E-state index is 11.6. The molecule has 1 N–H and O–H groups in total. The van der Waals surface area contributed by atoms with E-state index in [0.29, 0.717) is 18.8 Å². The SMILES string of the molecule is COc1ncc(-c2ccc(CCNC(=O)OC(C)(C)C)cc2)c(OC)n1. The van der Waals surface area contributed by atoms with E-state index in [2.05, 4.69) is 15.3 Å². The van der Waals surface area contributed by atoms with Gasteiger partial charge in [0.15, 0.2) is 0 Å². The molecular formula is C19H25N3O4. The molecule has 0 aliphatic carbocycles. The second-order valence-electron chi connectivity index (χ2n) is 6.66. The lowest BCUT2D eigenvalue weighted by atomic mass is 10.0. The number of rotatable bonds is 6.